The maximum absolute atomic E-state index is 13.7. The van der Waals surface area contributed by atoms with E-state index in [-0.39, 0.29) is 18.4 Å². The van der Waals surface area contributed by atoms with Gasteiger partial charge < -0.3 is 15.0 Å². The Labute approximate surface area is 229 Å². The molecule has 0 saturated carbocycles. The molecule has 0 bridgehead atoms. The third-order valence-corrected chi connectivity index (χ3v) is 6.62. The number of amides is 2. The molecule has 0 aliphatic rings. The van der Waals surface area contributed by atoms with Gasteiger partial charge in [0.15, 0.2) is 6.61 Å². The van der Waals surface area contributed by atoms with Crippen molar-refractivity contribution in [2.75, 3.05) is 6.61 Å². The molecule has 6 heteroatoms. The summed E-state index contributed by atoms with van der Waals surface area (Å²) in [5.41, 5.74) is 3.81. The van der Waals surface area contributed by atoms with Gasteiger partial charge >= 0.3 is 0 Å². The number of nitrogens with zero attached hydrogens (tertiary/aromatic N) is 1. The zero-order chi connectivity index (χ0) is 27.0. The largest absolute Gasteiger partial charge is 0.483 e. The fraction of sp³-hybridized carbons (Fsp3) is 0.355. The third kappa shape index (κ3) is 8.74. The summed E-state index contributed by atoms with van der Waals surface area (Å²) in [5, 5.41) is 3.08. The summed E-state index contributed by atoms with van der Waals surface area (Å²) in [6, 6.07) is 23.0. The number of benzene rings is 3. The standard InChI is InChI=1S/C31H37BrN2O3/c1-6-23-16-17-28(26(32)18-23)37-21-29(35)34(20-25-14-12-22(2)13-15-25)27(30(36)33-31(3,4)5)19-24-10-8-7-9-11-24/h7-18,27H,6,19-21H2,1-5H3,(H,33,36)/t27-/m0/s1. The minimum Gasteiger partial charge on any atom is -0.483 e. The van der Waals surface area contributed by atoms with Crippen molar-refractivity contribution in [1.82, 2.24) is 10.2 Å². The van der Waals surface area contributed by atoms with Crippen LogP contribution in [0.4, 0.5) is 0 Å². The molecule has 37 heavy (non-hydrogen) atoms. The second-order valence-electron chi connectivity index (χ2n) is 10.4. The fourth-order valence-electron chi connectivity index (χ4n) is 4.00. The van der Waals surface area contributed by atoms with Gasteiger partial charge in [-0.05, 0) is 78.9 Å². The summed E-state index contributed by atoms with van der Waals surface area (Å²) in [6.45, 7) is 10.1. The Balaban J connectivity index is 1.92. The molecule has 196 valence electrons. The highest BCUT2D eigenvalue weighted by molar-refractivity contribution is 9.10. The summed E-state index contributed by atoms with van der Waals surface area (Å²) in [7, 11) is 0. The zero-order valence-electron chi connectivity index (χ0n) is 22.4. The predicted molar refractivity (Wildman–Crippen MR) is 153 cm³/mol. The lowest BCUT2D eigenvalue weighted by molar-refractivity contribution is -0.143. The smallest absolute Gasteiger partial charge is 0.261 e. The van der Waals surface area contributed by atoms with Crippen LogP contribution in [0.1, 0.15) is 49.9 Å². The number of hydrogen-bond donors (Lipinski definition) is 1. The summed E-state index contributed by atoms with van der Waals surface area (Å²) >= 11 is 3.55. The summed E-state index contributed by atoms with van der Waals surface area (Å²) < 4.78 is 6.75. The molecule has 0 aromatic heterocycles. The lowest BCUT2D eigenvalue weighted by Crippen LogP contribution is -2.55. The average molecular weight is 566 g/mol. The molecule has 0 spiro atoms. The Morgan fingerprint density at radius 3 is 2.19 bits per heavy atom. The number of aryl methyl sites for hydroxylation is 2. The first-order chi connectivity index (χ1) is 17.6. The van der Waals surface area contributed by atoms with Crippen LogP contribution in [-0.4, -0.2) is 34.9 Å². The van der Waals surface area contributed by atoms with E-state index in [0.717, 1.165) is 27.6 Å². The van der Waals surface area contributed by atoms with Gasteiger partial charge in [0.25, 0.3) is 5.91 Å². The first-order valence-corrected chi connectivity index (χ1v) is 13.5. The summed E-state index contributed by atoms with van der Waals surface area (Å²) in [5.74, 6) is 0.155. The molecule has 5 nitrogen and oxygen atoms in total. The van der Waals surface area contributed by atoms with E-state index in [9.17, 15) is 9.59 Å². The van der Waals surface area contributed by atoms with E-state index >= 15 is 0 Å². The Bertz CT molecular complexity index is 1190. The molecule has 3 rings (SSSR count). The number of nitrogens with one attached hydrogen (secondary N) is 1. The summed E-state index contributed by atoms with van der Waals surface area (Å²) in [6.07, 6.45) is 1.31. The van der Waals surface area contributed by atoms with Crippen molar-refractivity contribution in [1.29, 1.82) is 0 Å². The Hall–Kier alpha value is -3.12. The van der Waals surface area contributed by atoms with Gasteiger partial charge in [0, 0.05) is 18.5 Å². The lowest BCUT2D eigenvalue weighted by Gasteiger charge is -2.33. The number of rotatable bonds is 10. The molecule has 0 heterocycles. The van der Waals surface area contributed by atoms with E-state index < -0.39 is 11.6 Å². The molecule has 2 amide bonds. The van der Waals surface area contributed by atoms with Crippen LogP contribution in [0.5, 0.6) is 5.75 Å². The van der Waals surface area contributed by atoms with Gasteiger partial charge in [0.1, 0.15) is 11.8 Å². The molecule has 0 saturated heterocycles. The molecule has 0 unspecified atom stereocenters. The van der Waals surface area contributed by atoms with Crippen molar-refractivity contribution in [2.45, 2.75) is 65.6 Å². The normalized spacial score (nSPS) is 12.1. The van der Waals surface area contributed by atoms with Crippen molar-refractivity contribution >= 4 is 27.7 Å². The molecule has 0 radical (unpaired) electrons. The Kier molecular flexibility index (Phi) is 9.93. The first kappa shape index (κ1) is 28.5. The first-order valence-electron chi connectivity index (χ1n) is 12.7. The molecule has 0 fully saturated rings. The maximum Gasteiger partial charge on any atom is 0.261 e. The van der Waals surface area contributed by atoms with Crippen LogP contribution in [0.3, 0.4) is 0 Å². The highest BCUT2D eigenvalue weighted by Gasteiger charge is 2.32. The van der Waals surface area contributed by atoms with Gasteiger partial charge in [-0.15, -0.1) is 0 Å². The number of carbonyl (C=O) groups excluding carboxylic acids is 2. The number of carbonyl (C=O) groups is 2. The van der Waals surface area contributed by atoms with Crippen LogP contribution in [0.2, 0.25) is 0 Å². The van der Waals surface area contributed by atoms with E-state index in [1.807, 2.05) is 100 Å². The number of hydrogen-bond acceptors (Lipinski definition) is 3. The topological polar surface area (TPSA) is 58.6 Å². The number of ether oxygens (including phenoxy) is 1. The number of halogens is 1. The van der Waals surface area contributed by atoms with Gasteiger partial charge in [0.05, 0.1) is 4.47 Å². The van der Waals surface area contributed by atoms with E-state index in [1.165, 1.54) is 5.56 Å². The van der Waals surface area contributed by atoms with Gasteiger partial charge in [-0.25, -0.2) is 0 Å². The van der Waals surface area contributed by atoms with Crippen LogP contribution >= 0.6 is 15.9 Å². The monoisotopic (exact) mass is 564 g/mol. The molecular formula is C31H37BrN2O3. The van der Waals surface area contributed by atoms with Gasteiger partial charge in [-0.2, -0.15) is 0 Å². The Morgan fingerprint density at radius 2 is 1.59 bits per heavy atom. The second kappa shape index (κ2) is 12.9. The highest BCUT2D eigenvalue weighted by Crippen LogP contribution is 2.26. The summed E-state index contributed by atoms with van der Waals surface area (Å²) in [4.78, 5) is 29.0. The second-order valence-corrected chi connectivity index (χ2v) is 11.2. The SMILES string of the molecule is CCc1ccc(OCC(=O)N(Cc2ccc(C)cc2)[C@@H](Cc2ccccc2)C(=O)NC(C)(C)C)c(Br)c1. The highest BCUT2D eigenvalue weighted by atomic mass is 79.9. The minimum atomic E-state index is -0.704. The Morgan fingerprint density at radius 1 is 0.946 bits per heavy atom. The van der Waals surface area contributed by atoms with E-state index in [0.29, 0.717) is 18.7 Å². The van der Waals surface area contributed by atoms with Gasteiger partial charge in [-0.3, -0.25) is 9.59 Å². The van der Waals surface area contributed by atoms with Gasteiger partial charge in [0.2, 0.25) is 5.91 Å². The van der Waals surface area contributed by atoms with Gasteiger partial charge in [-0.1, -0.05) is 73.2 Å². The third-order valence-electron chi connectivity index (χ3n) is 6.00. The molecule has 1 N–H and O–H groups in total. The van der Waals surface area contributed by atoms with Crippen molar-refractivity contribution in [2.24, 2.45) is 0 Å². The molecule has 3 aromatic carbocycles. The average Bonchev–Trinajstić information content (AvgIpc) is 2.85. The molecule has 1 atom stereocenters. The minimum absolute atomic E-state index is 0.177. The molecule has 0 aliphatic carbocycles. The van der Waals surface area contributed by atoms with E-state index in [4.69, 9.17) is 4.74 Å². The molecule has 0 aliphatic heterocycles. The quantitative estimate of drug-likeness (QED) is 0.316. The van der Waals surface area contributed by atoms with Crippen molar-refractivity contribution < 1.29 is 14.3 Å². The van der Waals surface area contributed by atoms with Crippen LogP contribution in [-0.2, 0) is 29.0 Å². The predicted octanol–water partition coefficient (Wildman–Crippen LogP) is 6.25. The fourth-order valence-corrected chi connectivity index (χ4v) is 4.54. The van der Waals surface area contributed by atoms with E-state index in [1.54, 1.807) is 4.90 Å². The lowest BCUT2D eigenvalue weighted by atomic mass is 10.0. The maximum atomic E-state index is 13.7. The zero-order valence-corrected chi connectivity index (χ0v) is 24.0. The van der Waals surface area contributed by atoms with Crippen LogP contribution in [0.25, 0.3) is 0 Å². The van der Waals surface area contributed by atoms with Crippen molar-refractivity contribution in [3.05, 3.63) is 99.5 Å². The van der Waals surface area contributed by atoms with Crippen LogP contribution in [0.15, 0.2) is 77.3 Å². The van der Waals surface area contributed by atoms with Crippen LogP contribution in [0, 0.1) is 6.92 Å². The van der Waals surface area contributed by atoms with E-state index in [2.05, 4.69) is 28.2 Å². The van der Waals surface area contributed by atoms with Crippen molar-refractivity contribution in [3.8, 4) is 5.75 Å². The molecule has 3 aromatic rings. The van der Waals surface area contributed by atoms with Crippen LogP contribution < -0.4 is 10.1 Å². The molecular weight excluding hydrogens is 528 g/mol. The van der Waals surface area contributed by atoms with Crippen molar-refractivity contribution in [3.63, 3.8) is 0 Å².